The van der Waals surface area contributed by atoms with Gasteiger partial charge in [-0.3, -0.25) is 0 Å². The van der Waals surface area contributed by atoms with Crippen LogP contribution in [0.1, 0.15) is 75.8 Å². The first-order valence-corrected chi connectivity index (χ1v) is 9.96. The monoisotopic (exact) mass is 323 g/mol. The highest BCUT2D eigenvalue weighted by molar-refractivity contribution is 5.22. The third-order valence-electron chi connectivity index (χ3n) is 5.50. The van der Waals surface area contributed by atoms with E-state index in [-0.39, 0.29) is 0 Å². The van der Waals surface area contributed by atoms with E-state index in [4.69, 9.17) is 5.26 Å². The number of rotatable bonds is 9. The van der Waals surface area contributed by atoms with Gasteiger partial charge in [-0.25, -0.2) is 0 Å². The zero-order valence-corrected chi connectivity index (χ0v) is 15.3. The lowest BCUT2D eigenvalue weighted by Gasteiger charge is -2.26. The number of allylic oxidation sites excluding steroid dienone is 2. The number of aryl methyl sites for hydroxylation is 2. The van der Waals surface area contributed by atoms with Crippen molar-refractivity contribution >= 4 is 0 Å². The summed E-state index contributed by atoms with van der Waals surface area (Å²) in [6, 6.07) is 11.4. The van der Waals surface area contributed by atoms with Gasteiger partial charge in [-0.1, -0.05) is 56.5 Å². The third kappa shape index (κ3) is 6.91. The minimum atomic E-state index is 0.659. The molecule has 0 aliphatic heterocycles. The van der Waals surface area contributed by atoms with Crippen LogP contribution in [-0.2, 0) is 12.8 Å². The Morgan fingerprint density at radius 2 is 1.58 bits per heavy atom. The van der Waals surface area contributed by atoms with Crippen molar-refractivity contribution in [3.8, 4) is 6.07 Å². The van der Waals surface area contributed by atoms with Crippen molar-refractivity contribution in [3.63, 3.8) is 0 Å². The van der Waals surface area contributed by atoms with Gasteiger partial charge >= 0.3 is 0 Å². The lowest BCUT2D eigenvalue weighted by Crippen LogP contribution is -2.13. The molecular weight excluding hydrogens is 290 g/mol. The number of benzene rings is 1. The van der Waals surface area contributed by atoms with Gasteiger partial charge in [0.1, 0.15) is 0 Å². The molecule has 2 rings (SSSR count). The molecule has 1 aliphatic carbocycles. The van der Waals surface area contributed by atoms with Gasteiger partial charge in [-0.2, -0.15) is 5.26 Å². The maximum atomic E-state index is 8.60. The number of nitrogens with zero attached hydrogens (tertiary/aromatic N) is 1. The van der Waals surface area contributed by atoms with Gasteiger partial charge in [0.15, 0.2) is 0 Å². The normalized spacial score (nSPS) is 21.0. The van der Waals surface area contributed by atoms with Crippen LogP contribution < -0.4 is 0 Å². The van der Waals surface area contributed by atoms with Crippen molar-refractivity contribution in [2.75, 3.05) is 0 Å². The quantitative estimate of drug-likeness (QED) is 0.369. The van der Waals surface area contributed by atoms with Gasteiger partial charge in [0.05, 0.1) is 6.07 Å². The zero-order chi connectivity index (χ0) is 17.0. The first kappa shape index (κ1) is 18.8. The molecule has 1 nitrogen and oxygen atoms in total. The van der Waals surface area contributed by atoms with Crippen LogP contribution >= 0.6 is 0 Å². The Labute approximate surface area is 148 Å². The SMILES string of the molecule is CCCCc1ccc(CCCC[C@H]2CC[C@H](C=CC#N)CC2)cc1. The topological polar surface area (TPSA) is 23.8 Å². The van der Waals surface area contributed by atoms with E-state index in [2.05, 4.69) is 43.3 Å². The van der Waals surface area contributed by atoms with Crippen LogP contribution in [0.25, 0.3) is 0 Å². The second-order valence-corrected chi connectivity index (χ2v) is 7.43. The van der Waals surface area contributed by atoms with Crippen LogP contribution in [0.2, 0.25) is 0 Å². The molecule has 0 bridgehead atoms. The molecule has 0 heterocycles. The Morgan fingerprint density at radius 1 is 0.958 bits per heavy atom. The maximum absolute atomic E-state index is 8.60. The summed E-state index contributed by atoms with van der Waals surface area (Å²) in [6.07, 6.45) is 18.2. The molecule has 1 fully saturated rings. The van der Waals surface area contributed by atoms with E-state index in [0.29, 0.717) is 5.92 Å². The lowest BCUT2D eigenvalue weighted by atomic mass is 9.79. The smallest absolute Gasteiger partial charge is 0.0908 e. The molecule has 24 heavy (non-hydrogen) atoms. The zero-order valence-electron chi connectivity index (χ0n) is 15.3. The Bertz CT molecular complexity index is 512. The predicted octanol–water partition coefficient (Wildman–Crippen LogP) is 6.63. The first-order chi connectivity index (χ1) is 11.8. The Kier molecular flexibility index (Phi) is 8.67. The van der Waals surface area contributed by atoms with E-state index in [9.17, 15) is 0 Å². The van der Waals surface area contributed by atoms with Gasteiger partial charge in [-0.05, 0) is 74.3 Å². The molecule has 0 spiro atoms. The maximum Gasteiger partial charge on any atom is 0.0908 e. The Morgan fingerprint density at radius 3 is 2.17 bits per heavy atom. The van der Waals surface area contributed by atoms with E-state index in [1.54, 1.807) is 6.08 Å². The summed E-state index contributed by atoms with van der Waals surface area (Å²) in [5, 5.41) is 8.60. The summed E-state index contributed by atoms with van der Waals surface area (Å²) in [6.45, 7) is 2.25. The summed E-state index contributed by atoms with van der Waals surface area (Å²) in [5.41, 5.74) is 2.99. The summed E-state index contributed by atoms with van der Waals surface area (Å²) in [4.78, 5) is 0. The summed E-state index contributed by atoms with van der Waals surface area (Å²) < 4.78 is 0. The molecular formula is C23H33N. The summed E-state index contributed by atoms with van der Waals surface area (Å²) >= 11 is 0. The van der Waals surface area contributed by atoms with Crippen molar-refractivity contribution in [1.82, 2.24) is 0 Å². The number of unbranched alkanes of at least 4 members (excludes halogenated alkanes) is 2. The predicted molar refractivity (Wildman–Crippen MR) is 103 cm³/mol. The number of hydrogen-bond acceptors (Lipinski definition) is 1. The molecule has 1 aliphatic rings. The van der Waals surface area contributed by atoms with E-state index in [1.807, 2.05) is 0 Å². The van der Waals surface area contributed by atoms with Gasteiger partial charge in [0, 0.05) is 6.08 Å². The van der Waals surface area contributed by atoms with Gasteiger partial charge in [0.2, 0.25) is 0 Å². The van der Waals surface area contributed by atoms with Crippen molar-refractivity contribution in [2.45, 2.75) is 77.6 Å². The molecule has 0 amide bonds. The molecule has 0 unspecified atom stereocenters. The number of hydrogen-bond donors (Lipinski definition) is 0. The fourth-order valence-corrected chi connectivity index (χ4v) is 3.86. The molecule has 0 aromatic heterocycles. The van der Waals surface area contributed by atoms with E-state index in [0.717, 1.165) is 5.92 Å². The third-order valence-corrected chi connectivity index (χ3v) is 5.50. The average molecular weight is 324 g/mol. The standard InChI is InChI=1S/C23H33N/c1-2-3-7-20-11-13-21(14-12-20)8-4-5-9-22-15-17-23(18-16-22)10-6-19-24/h6,10-14,22-23H,2-5,7-9,15-18H2,1H3/t22-,23-. The van der Waals surface area contributed by atoms with Crippen LogP contribution in [0.5, 0.6) is 0 Å². The highest BCUT2D eigenvalue weighted by Crippen LogP contribution is 2.32. The van der Waals surface area contributed by atoms with Crippen LogP contribution in [0.3, 0.4) is 0 Å². The Hall–Kier alpha value is -1.55. The largest absolute Gasteiger partial charge is 0.193 e. The van der Waals surface area contributed by atoms with E-state index >= 15 is 0 Å². The molecule has 0 atom stereocenters. The average Bonchev–Trinajstić information content (AvgIpc) is 2.64. The fraction of sp³-hybridized carbons (Fsp3) is 0.609. The van der Waals surface area contributed by atoms with Gasteiger partial charge in [0.25, 0.3) is 0 Å². The van der Waals surface area contributed by atoms with Crippen LogP contribution in [0.15, 0.2) is 36.4 Å². The molecule has 0 N–H and O–H groups in total. The molecule has 130 valence electrons. The van der Waals surface area contributed by atoms with Gasteiger partial charge < -0.3 is 0 Å². The molecule has 0 radical (unpaired) electrons. The highest BCUT2D eigenvalue weighted by Gasteiger charge is 2.18. The van der Waals surface area contributed by atoms with Crippen molar-refractivity contribution in [2.24, 2.45) is 11.8 Å². The summed E-state index contributed by atoms with van der Waals surface area (Å²) in [7, 11) is 0. The second kappa shape index (κ2) is 11.1. The minimum absolute atomic E-state index is 0.659. The molecule has 0 saturated heterocycles. The van der Waals surface area contributed by atoms with Crippen molar-refractivity contribution in [1.29, 1.82) is 5.26 Å². The second-order valence-electron chi connectivity index (χ2n) is 7.43. The first-order valence-electron chi connectivity index (χ1n) is 9.96. The Balaban J connectivity index is 1.58. The van der Waals surface area contributed by atoms with E-state index < -0.39 is 0 Å². The van der Waals surface area contributed by atoms with Crippen molar-refractivity contribution < 1.29 is 0 Å². The number of nitriles is 1. The molecule has 1 saturated carbocycles. The molecule has 1 aromatic rings. The summed E-state index contributed by atoms with van der Waals surface area (Å²) in [5.74, 6) is 1.58. The van der Waals surface area contributed by atoms with Crippen molar-refractivity contribution in [3.05, 3.63) is 47.5 Å². The minimum Gasteiger partial charge on any atom is -0.193 e. The molecule has 1 heteroatoms. The highest BCUT2D eigenvalue weighted by atomic mass is 14.3. The van der Waals surface area contributed by atoms with Crippen LogP contribution in [0, 0.1) is 23.2 Å². The van der Waals surface area contributed by atoms with Crippen LogP contribution in [0.4, 0.5) is 0 Å². The lowest BCUT2D eigenvalue weighted by molar-refractivity contribution is 0.289. The van der Waals surface area contributed by atoms with Crippen LogP contribution in [-0.4, -0.2) is 0 Å². The molecule has 1 aromatic carbocycles. The van der Waals surface area contributed by atoms with E-state index in [1.165, 1.54) is 81.8 Å². The van der Waals surface area contributed by atoms with Gasteiger partial charge in [-0.15, -0.1) is 0 Å². The fourth-order valence-electron chi connectivity index (χ4n) is 3.86.